The fourth-order valence-electron chi connectivity index (χ4n) is 4.05. The Bertz CT molecular complexity index is 904. The maximum atomic E-state index is 13.2. The molecule has 1 aliphatic heterocycles. The van der Waals surface area contributed by atoms with Gasteiger partial charge in [0.25, 0.3) is 5.91 Å². The highest BCUT2D eigenvalue weighted by Crippen LogP contribution is 2.31. The Morgan fingerprint density at radius 1 is 1.16 bits per heavy atom. The van der Waals surface area contributed by atoms with E-state index in [9.17, 15) is 18.0 Å². The number of nitrogens with zero attached hydrogens (tertiary/aromatic N) is 1. The van der Waals surface area contributed by atoms with Crippen molar-refractivity contribution in [1.29, 1.82) is 0 Å². The van der Waals surface area contributed by atoms with Crippen LogP contribution in [0.4, 0.5) is 0 Å². The zero-order chi connectivity index (χ0) is 22.5. The third-order valence-corrected chi connectivity index (χ3v) is 7.64. The predicted molar refractivity (Wildman–Crippen MR) is 112 cm³/mol. The number of benzene rings is 1. The van der Waals surface area contributed by atoms with Gasteiger partial charge in [-0.05, 0) is 38.0 Å². The molecule has 1 aromatic rings. The number of amides is 1. The summed E-state index contributed by atoms with van der Waals surface area (Å²) in [6.07, 6.45) is 3.52. The van der Waals surface area contributed by atoms with Gasteiger partial charge >= 0.3 is 5.97 Å². The molecule has 1 amide bonds. The molecule has 1 aromatic carbocycles. The molecule has 0 radical (unpaired) electrons. The summed E-state index contributed by atoms with van der Waals surface area (Å²) in [6.45, 7) is 3.09. The lowest BCUT2D eigenvalue weighted by Gasteiger charge is -2.35. The molecule has 0 aromatic heterocycles. The van der Waals surface area contributed by atoms with Crippen molar-refractivity contribution in [3.8, 4) is 5.75 Å². The molecule has 1 saturated carbocycles. The SMILES string of the molecule is CCOC(=O)C1(NC(=O)c2cc(S(=O)(=O)N3CCOCC3)ccc2OC)CCCCC1. The largest absolute Gasteiger partial charge is 0.496 e. The van der Waals surface area contributed by atoms with Crippen molar-refractivity contribution in [2.24, 2.45) is 0 Å². The first-order valence-corrected chi connectivity index (χ1v) is 12.0. The van der Waals surface area contributed by atoms with Gasteiger partial charge in [0.05, 0.1) is 37.4 Å². The molecule has 0 unspecified atom stereocenters. The number of nitrogens with one attached hydrogen (secondary N) is 1. The third-order valence-electron chi connectivity index (χ3n) is 5.75. The summed E-state index contributed by atoms with van der Waals surface area (Å²) in [5.74, 6) is -0.793. The van der Waals surface area contributed by atoms with Crippen molar-refractivity contribution in [3.05, 3.63) is 23.8 Å². The van der Waals surface area contributed by atoms with Crippen LogP contribution in [0.2, 0.25) is 0 Å². The smallest absolute Gasteiger partial charge is 0.331 e. The Balaban J connectivity index is 1.92. The molecule has 172 valence electrons. The minimum Gasteiger partial charge on any atom is -0.496 e. The molecular formula is C21H30N2O7S. The Labute approximate surface area is 183 Å². The van der Waals surface area contributed by atoms with Crippen LogP contribution >= 0.6 is 0 Å². The number of rotatable bonds is 7. The van der Waals surface area contributed by atoms with E-state index < -0.39 is 27.4 Å². The van der Waals surface area contributed by atoms with Crippen molar-refractivity contribution in [2.45, 2.75) is 49.5 Å². The van der Waals surface area contributed by atoms with Gasteiger partial charge in [-0.1, -0.05) is 19.3 Å². The van der Waals surface area contributed by atoms with E-state index in [0.29, 0.717) is 26.1 Å². The van der Waals surface area contributed by atoms with Crippen LogP contribution in [0.25, 0.3) is 0 Å². The average molecular weight is 455 g/mol. The monoisotopic (exact) mass is 454 g/mol. The Morgan fingerprint density at radius 2 is 1.84 bits per heavy atom. The van der Waals surface area contributed by atoms with Crippen LogP contribution in [0.15, 0.2) is 23.1 Å². The van der Waals surface area contributed by atoms with E-state index in [2.05, 4.69) is 5.32 Å². The first kappa shape index (κ1) is 23.5. The van der Waals surface area contributed by atoms with Gasteiger partial charge in [-0.3, -0.25) is 4.79 Å². The van der Waals surface area contributed by atoms with Crippen molar-refractivity contribution >= 4 is 21.9 Å². The maximum absolute atomic E-state index is 13.2. The topological polar surface area (TPSA) is 111 Å². The highest BCUT2D eigenvalue weighted by Gasteiger charge is 2.43. The van der Waals surface area contributed by atoms with Crippen molar-refractivity contribution in [2.75, 3.05) is 40.0 Å². The van der Waals surface area contributed by atoms with E-state index >= 15 is 0 Å². The Morgan fingerprint density at radius 3 is 2.45 bits per heavy atom. The van der Waals surface area contributed by atoms with E-state index in [1.807, 2.05) is 0 Å². The summed E-state index contributed by atoms with van der Waals surface area (Å²) in [5, 5.41) is 2.84. The second kappa shape index (κ2) is 9.97. The standard InChI is InChI=1S/C21H30N2O7S/c1-3-30-20(25)21(9-5-4-6-10-21)22-19(24)17-15-16(7-8-18(17)28-2)31(26,27)23-11-13-29-14-12-23/h7-8,15H,3-6,9-14H2,1-2H3,(H,22,24). The molecule has 0 bridgehead atoms. The van der Waals surface area contributed by atoms with Crippen molar-refractivity contribution in [3.63, 3.8) is 0 Å². The van der Waals surface area contributed by atoms with Crippen LogP contribution in [0.3, 0.4) is 0 Å². The molecular weight excluding hydrogens is 424 g/mol. The van der Waals surface area contributed by atoms with Crippen LogP contribution in [0, 0.1) is 0 Å². The van der Waals surface area contributed by atoms with E-state index in [4.69, 9.17) is 14.2 Å². The quantitative estimate of drug-likeness (QED) is 0.625. The summed E-state index contributed by atoms with van der Waals surface area (Å²) < 4.78 is 43.2. The van der Waals surface area contributed by atoms with Gasteiger partial charge in [0, 0.05) is 13.1 Å². The summed E-state index contributed by atoms with van der Waals surface area (Å²) >= 11 is 0. The molecule has 3 rings (SSSR count). The van der Waals surface area contributed by atoms with E-state index in [1.165, 1.54) is 29.6 Å². The number of esters is 1. The fourth-order valence-corrected chi connectivity index (χ4v) is 5.49. The van der Waals surface area contributed by atoms with Crippen LogP contribution in [-0.4, -0.2) is 70.2 Å². The molecule has 0 atom stereocenters. The lowest BCUT2D eigenvalue weighted by atomic mass is 9.81. The number of sulfonamides is 1. The Kier molecular flexibility index (Phi) is 7.55. The summed E-state index contributed by atoms with van der Waals surface area (Å²) in [4.78, 5) is 25.9. The maximum Gasteiger partial charge on any atom is 0.331 e. The highest BCUT2D eigenvalue weighted by molar-refractivity contribution is 7.89. The number of hydrogen-bond donors (Lipinski definition) is 1. The highest BCUT2D eigenvalue weighted by atomic mass is 32.2. The van der Waals surface area contributed by atoms with Crippen LogP contribution < -0.4 is 10.1 Å². The first-order chi connectivity index (χ1) is 14.8. The van der Waals surface area contributed by atoms with Gasteiger partial charge < -0.3 is 19.5 Å². The summed E-state index contributed by atoms with van der Waals surface area (Å²) in [5.41, 5.74) is -1.05. The number of carbonyl (C=O) groups excluding carboxylic acids is 2. The molecule has 9 nitrogen and oxygen atoms in total. The van der Waals surface area contributed by atoms with E-state index in [-0.39, 0.29) is 35.9 Å². The number of morpholine rings is 1. The van der Waals surface area contributed by atoms with Crippen LogP contribution in [-0.2, 0) is 24.3 Å². The zero-order valence-corrected chi connectivity index (χ0v) is 18.8. The molecule has 1 aliphatic carbocycles. The first-order valence-electron chi connectivity index (χ1n) is 10.6. The second-order valence-electron chi connectivity index (χ2n) is 7.70. The van der Waals surface area contributed by atoms with Crippen molar-refractivity contribution < 1.29 is 32.2 Å². The molecule has 2 fully saturated rings. The van der Waals surface area contributed by atoms with Gasteiger partial charge in [0.2, 0.25) is 10.0 Å². The van der Waals surface area contributed by atoms with E-state index in [1.54, 1.807) is 6.92 Å². The second-order valence-corrected chi connectivity index (χ2v) is 9.63. The molecule has 2 aliphatic rings. The normalized spacial score (nSPS) is 19.4. The van der Waals surface area contributed by atoms with Crippen LogP contribution in [0.1, 0.15) is 49.4 Å². The summed E-state index contributed by atoms with van der Waals surface area (Å²) in [7, 11) is -2.38. The molecule has 1 saturated heterocycles. The van der Waals surface area contributed by atoms with Gasteiger partial charge in [0.1, 0.15) is 11.3 Å². The lowest BCUT2D eigenvalue weighted by Crippen LogP contribution is -2.56. The number of ether oxygens (including phenoxy) is 3. The zero-order valence-electron chi connectivity index (χ0n) is 18.0. The molecule has 31 heavy (non-hydrogen) atoms. The van der Waals surface area contributed by atoms with Crippen LogP contribution in [0.5, 0.6) is 5.75 Å². The molecule has 0 spiro atoms. The van der Waals surface area contributed by atoms with Gasteiger partial charge in [0.15, 0.2) is 0 Å². The number of hydrogen-bond acceptors (Lipinski definition) is 7. The average Bonchev–Trinajstić information content (AvgIpc) is 2.80. The minimum absolute atomic E-state index is 0.00539. The predicted octanol–water partition coefficient (Wildman–Crippen LogP) is 1.71. The van der Waals surface area contributed by atoms with Gasteiger partial charge in [-0.25, -0.2) is 13.2 Å². The van der Waals surface area contributed by atoms with Gasteiger partial charge in [-0.2, -0.15) is 4.31 Å². The molecule has 1 heterocycles. The fraction of sp³-hybridized carbons (Fsp3) is 0.619. The molecule has 1 N–H and O–H groups in total. The van der Waals surface area contributed by atoms with E-state index in [0.717, 1.165) is 19.3 Å². The third kappa shape index (κ3) is 5.02. The van der Waals surface area contributed by atoms with Crippen molar-refractivity contribution in [1.82, 2.24) is 9.62 Å². The minimum atomic E-state index is -3.79. The number of methoxy groups -OCH3 is 1. The number of carbonyl (C=O) groups is 2. The Hall–Kier alpha value is -2.17. The lowest BCUT2D eigenvalue weighted by molar-refractivity contribution is -0.152. The molecule has 10 heteroatoms. The van der Waals surface area contributed by atoms with Gasteiger partial charge in [-0.15, -0.1) is 0 Å². The summed E-state index contributed by atoms with van der Waals surface area (Å²) in [6, 6.07) is 4.18.